The molecule has 24 heavy (non-hydrogen) atoms. The normalized spacial score (nSPS) is 10.8. The summed E-state index contributed by atoms with van der Waals surface area (Å²) in [6.07, 6.45) is 4.77. The number of rotatable bonds is 7. The number of benzene rings is 1. The molecule has 124 valence electrons. The zero-order valence-electron chi connectivity index (χ0n) is 13.6. The van der Waals surface area contributed by atoms with Crippen LogP contribution in [0.25, 0.3) is 11.4 Å². The first kappa shape index (κ1) is 16.1. The van der Waals surface area contributed by atoms with Crippen molar-refractivity contribution in [3.63, 3.8) is 0 Å². The number of aliphatic hydroxyl groups excluding tert-OH is 1. The van der Waals surface area contributed by atoms with Crippen molar-refractivity contribution in [2.75, 3.05) is 13.7 Å². The van der Waals surface area contributed by atoms with Crippen LogP contribution < -0.4 is 4.74 Å². The van der Waals surface area contributed by atoms with Crippen LogP contribution in [0.2, 0.25) is 0 Å². The largest absolute Gasteiger partial charge is 0.497 e. The fraction of sp³-hybridized carbons (Fsp3) is 0.278. The molecular formula is C18H20N4O2. The lowest BCUT2D eigenvalue weighted by molar-refractivity contribution is 0.277. The molecule has 2 heterocycles. The number of aryl methyl sites for hydroxylation is 1. The van der Waals surface area contributed by atoms with Gasteiger partial charge in [0, 0.05) is 37.5 Å². The molecule has 0 unspecified atom stereocenters. The molecule has 0 saturated heterocycles. The van der Waals surface area contributed by atoms with Gasteiger partial charge in [-0.3, -0.25) is 4.98 Å². The quantitative estimate of drug-likeness (QED) is 0.722. The Balaban J connectivity index is 1.86. The van der Waals surface area contributed by atoms with Crippen LogP contribution in [0.1, 0.15) is 17.8 Å². The SMILES string of the molecule is COc1ccc(Cc2nc(-c3ccncc3)n(CCCO)n2)cc1. The molecule has 0 aliphatic heterocycles. The van der Waals surface area contributed by atoms with Crippen LogP contribution >= 0.6 is 0 Å². The van der Waals surface area contributed by atoms with E-state index in [1.165, 1.54) is 0 Å². The van der Waals surface area contributed by atoms with Gasteiger partial charge in [-0.2, -0.15) is 5.10 Å². The molecule has 0 amide bonds. The van der Waals surface area contributed by atoms with Gasteiger partial charge in [0.05, 0.1) is 7.11 Å². The highest BCUT2D eigenvalue weighted by atomic mass is 16.5. The molecule has 6 heteroatoms. The Kier molecular flexibility index (Phi) is 5.18. The summed E-state index contributed by atoms with van der Waals surface area (Å²) < 4.78 is 7.03. The molecule has 0 atom stereocenters. The van der Waals surface area contributed by atoms with Gasteiger partial charge in [-0.1, -0.05) is 12.1 Å². The second kappa shape index (κ2) is 7.70. The van der Waals surface area contributed by atoms with Crippen LogP contribution in [-0.2, 0) is 13.0 Å². The number of methoxy groups -OCH3 is 1. The molecule has 2 aromatic heterocycles. The van der Waals surface area contributed by atoms with E-state index < -0.39 is 0 Å². The van der Waals surface area contributed by atoms with Crippen LogP contribution in [0.3, 0.4) is 0 Å². The molecule has 0 aliphatic carbocycles. The van der Waals surface area contributed by atoms with Crippen molar-refractivity contribution in [2.24, 2.45) is 0 Å². The van der Waals surface area contributed by atoms with E-state index in [0.29, 0.717) is 19.4 Å². The second-order valence-corrected chi connectivity index (χ2v) is 5.41. The fourth-order valence-corrected chi connectivity index (χ4v) is 2.48. The monoisotopic (exact) mass is 324 g/mol. The lowest BCUT2D eigenvalue weighted by Crippen LogP contribution is -2.05. The lowest BCUT2D eigenvalue weighted by Gasteiger charge is -2.04. The minimum Gasteiger partial charge on any atom is -0.497 e. The zero-order valence-corrected chi connectivity index (χ0v) is 13.6. The maximum absolute atomic E-state index is 9.10. The number of aromatic nitrogens is 4. The highest BCUT2D eigenvalue weighted by Crippen LogP contribution is 2.19. The minimum atomic E-state index is 0.128. The third kappa shape index (κ3) is 3.78. The molecule has 0 aliphatic rings. The standard InChI is InChI=1S/C18H20N4O2/c1-24-16-5-3-14(4-6-16)13-17-20-18(15-7-9-19-10-8-15)22(21-17)11-2-12-23/h3-10,23H,2,11-13H2,1H3. The minimum absolute atomic E-state index is 0.128. The molecule has 1 N–H and O–H groups in total. The topological polar surface area (TPSA) is 73.1 Å². The van der Waals surface area contributed by atoms with E-state index in [0.717, 1.165) is 28.5 Å². The number of pyridine rings is 1. The van der Waals surface area contributed by atoms with E-state index in [1.54, 1.807) is 19.5 Å². The number of hydrogen-bond donors (Lipinski definition) is 1. The summed E-state index contributed by atoms with van der Waals surface area (Å²) in [6, 6.07) is 11.7. The first-order chi connectivity index (χ1) is 11.8. The van der Waals surface area contributed by atoms with Gasteiger partial charge in [0.1, 0.15) is 5.75 Å². The van der Waals surface area contributed by atoms with Gasteiger partial charge in [0.15, 0.2) is 11.6 Å². The molecule has 3 aromatic rings. The summed E-state index contributed by atoms with van der Waals surface area (Å²) in [5.41, 5.74) is 2.09. The smallest absolute Gasteiger partial charge is 0.158 e. The van der Waals surface area contributed by atoms with E-state index in [4.69, 9.17) is 9.84 Å². The number of hydrogen-bond acceptors (Lipinski definition) is 5. The highest BCUT2D eigenvalue weighted by molar-refractivity contribution is 5.54. The van der Waals surface area contributed by atoms with Crippen LogP contribution in [-0.4, -0.2) is 38.6 Å². The lowest BCUT2D eigenvalue weighted by atomic mass is 10.1. The molecule has 0 bridgehead atoms. The Hall–Kier alpha value is -2.73. The molecule has 3 rings (SSSR count). The maximum Gasteiger partial charge on any atom is 0.158 e. The second-order valence-electron chi connectivity index (χ2n) is 5.41. The Morgan fingerprint density at radius 3 is 2.50 bits per heavy atom. The highest BCUT2D eigenvalue weighted by Gasteiger charge is 2.12. The van der Waals surface area contributed by atoms with Crippen molar-refractivity contribution in [2.45, 2.75) is 19.4 Å². The fourth-order valence-electron chi connectivity index (χ4n) is 2.48. The van der Waals surface area contributed by atoms with E-state index in [9.17, 15) is 0 Å². The van der Waals surface area contributed by atoms with E-state index in [1.807, 2.05) is 41.1 Å². The summed E-state index contributed by atoms with van der Waals surface area (Å²) in [6.45, 7) is 0.757. The van der Waals surface area contributed by atoms with Gasteiger partial charge in [-0.15, -0.1) is 0 Å². The number of nitrogens with zero attached hydrogens (tertiary/aromatic N) is 4. The van der Waals surface area contributed by atoms with Gasteiger partial charge >= 0.3 is 0 Å². The molecular weight excluding hydrogens is 304 g/mol. The van der Waals surface area contributed by atoms with E-state index >= 15 is 0 Å². The summed E-state index contributed by atoms with van der Waals surface area (Å²) in [7, 11) is 1.65. The van der Waals surface area contributed by atoms with Gasteiger partial charge < -0.3 is 9.84 Å². The molecule has 0 spiro atoms. The van der Waals surface area contributed by atoms with Gasteiger partial charge in [-0.25, -0.2) is 9.67 Å². The average molecular weight is 324 g/mol. The van der Waals surface area contributed by atoms with Gasteiger partial charge in [-0.05, 0) is 36.2 Å². The Morgan fingerprint density at radius 1 is 1.08 bits per heavy atom. The maximum atomic E-state index is 9.10. The zero-order chi connectivity index (χ0) is 16.8. The molecule has 0 fully saturated rings. The van der Waals surface area contributed by atoms with Crippen molar-refractivity contribution in [3.8, 4) is 17.1 Å². The predicted molar refractivity (Wildman–Crippen MR) is 90.8 cm³/mol. The van der Waals surface area contributed by atoms with Crippen LogP contribution in [0.4, 0.5) is 0 Å². The summed E-state index contributed by atoms with van der Waals surface area (Å²) in [4.78, 5) is 8.73. The van der Waals surface area contributed by atoms with Crippen molar-refractivity contribution in [3.05, 3.63) is 60.2 Å². The number of aliphatic hydroxyl groups is 1. The van der Waals surface area contributed by atoms with Crippen molar-refractivity contribution in [1.29, 1.82) is 0 Å². The summed E-state index contributed by atoms with van der Waals surface area (Å²) >= 11 is 0. The van der Waals surface area contributed by atoms with Gasteiger partial charge in [0.2, 0.25) is 0 Å². The van der Waals surface area contributed by atoms with Gasteiger partial charge in [0.25, 0.3) is 0 Å². The average Bonchev–Trinajstić information content (AvgIpc) is 3.04. The van der Waals surface area contributed by atoms with Crippen molar-refractivity contribution >= 4 is 0 Å². The third-order valence-corrected chi connectivity index (χ3v) is 3.70. The molecule has 6 nitrogen and oxygen atoms in total. The number of ether oxygens (including phenoxy) is 1. The predicted octanol–water partition coefficient (Wildman–Crippen LogP) is 2.32. The first-order valence-electron chi connectivity index (χ1n) is 7.88. The van der Waals surface area contributed by atoms with Crippen molar-refractivity contribution in [1.82, 2.24) is 19.7 Å². The van der Waals surface area contributed by atoms with Crippen LogP contribution in [0, 0.1) is 0 Å². The van der Waals surface area contributed by atoms with Crippen molar-refractivity contribution < 1.29 is 9.84 Å². The molecule has 0 radical (unpaired) electrons. The Bertz CT molecular complexity index is 769. The van der Waals surface area contributed by atoms with Crippen LogP contribution in [0.5, 0.6) is 5.75 Å². The van der Waals surface area contributed by atoms with Crippen LogP contribution in [0.15, 0.2) is 48.8 Å². The Labute approximate surface area is 140 Å². The Morgan fingerprint density at radius 2 is 1.83 bits per heavy atom. The summed E-state index contributed by atoms with van der Waals surface area (Å²) in [5.74, 6) is 2.39. The first-order valence-corrected chi connectivity index (χ1v) is 7.88. The third-order valence-electron chi connectivity index (χ3n) is 3.70. The molecule has 1 aromatic carbocycles. The summed E-state index contributed by atoms with van der Waals surface area (Å²) in [5, 5.41) is 13.7. The molecule has 0 saturated carbocycles. The van der Waals surface area contributed by atoms with E-state index in [2.05, 4.69) is 15.1 Å². The van der Waals surface area contributed by atoms with E-state index in [-0.39, 0.29) is 6.61 Å².